The second kappa shape index (κ2) is 6.57. The van der Waals surface area contributed by atoms with Gasteiger partial charge in [0.05, 0.1) is 6.54 Å². The van der Waals surface area contributed by atoms with E-state index >= 15 is 0 Å². The molecule has 2 aliphatic rings. The zero-order valence-corrected chi connectivity index (χ0v) is 15.6. The predicted octanol–water partition coefficient (Wildman–Crippen LogP) is 3.56. The fraction of sp³-hybridized carbons (Fsp3) is 0.556. The van der Waals surface area contributed by atoms with Crippen LogP contribution in [0.4, 0.5) is 0 Å². The first-order chi connectivity index (χ1) is 11.7. The third-order valence-electron chi connectivity index (χ3n) is 5.55. The first-order valence-electron chi connectivity index (χ1n) is 8.48. The Morgan fingerprint density at radius 2 is 2.25 bits per heavy atom. The van der Waals surface area contributed by atoms with Crippen molar-refractivity contribution in [3.8, 4) is 6.07 Å². The number of piperidine rings is 1. The molecule has 6 heteroatoms. The Morgan fingerprint density at radius 1 is 1.42 bits per heavy atom. The largest absolute Gasteiger partial charge is 0.298 e. The highest BCUT2D eigenvalue weighted by molar-refractivity contribution is 7.12. The second-order valence-electron chi connectivity index (χ2n) is 7.08. The molecule has 1 atom stereocenters. The van der Waals surface area contributed by atoms with Gasteiger partial charge in [0.2, 0.25) is 0 Å². The monoisotopic (exact) mass is 358 g/mol. The first kappa shape index (κ1) is 16.2. The van der Waals surface area contributed by atoms with Crippen LogP contribution in [0, 0.1) is 16.7 Å². The molecule has 24 heavy (non-hydrogen) atoms. The average Bonchev–Trinajstić information content (AvgIpc) is 2.97. The molecule has 4 rings (SSSR count). The van der Waals surface area contributed by atoms with E-state index < -0.39 is 0 Å². The van der Waals surface area contributed by atoms with E-state index in [2.05, 4.69) is 39.3 Å². The van der Waals surface area contributed by atoms with Crippen molar-refractivity contribution < 1.29 is 0 Å². The topological polar surface area (TPSA) is 43.2 Å². The molecule has 126 valence electrons. The molecule has 1 aliphatic carbocycles. The minimum Gasteiger partial charge on any atom is -0.298 e. The molecular formula is C18H22N4S2. The van der Waals surface area contributed by atoms with Crippen LogP contribution >= 0.6 is 22.7 Å². The van der Waals surface area contributed by atoms with Gasteiger partial charge in [0.25, 0.3) is 0 Å². The minimum atomic E-state index is 0.551. The van der Waals surface area contributed by atoms with Gasteiger partial charge in [-0.1, -0.05) is 0 Å². The summed E-state index contributed by atoms with van der Waals surface area (Å²) in [5, 5.41) is 12.2. The van der Waals surface area contributed by atoms with Gasteiger partial charge in [-0.05, 0) is 56.9 Å². The number of rotatable bonds is 5. The van der Waals surface area contributed by atoms with Crippen LogP contribution in [0.5, 0.6) is 0 Å². The fourth-order valence-electron chi connectivity index (χ4n) is 4.04. The van der Waals surface area contributed by atoms with Gasteiger partial charge in [-0.15, -0.1) is 22.7 Å². The Morgan fingerprint density at radius 3 is 2.92 bits per heavy atom. The Balaban J connectivity index is 1.28. The molecule has 3 heterocycles. The highest BCUT2D eigenvalue weighted by atomic mass is 32.1. The molecule has 0 bridgehead atoms. The Bertz CT molecular complexity index is 723. The molecule has 0 N–H and O–H groups in total. The molecule has 0 aromatic carbocycles. The quantitative estimate of drug-likeness (QED) is 0.820. The molecule has 0 amide bonds. The van der Waals surface area contributed by atoms with E-state index in [1.165, 1.54) is 42.2 Å². The summed E-state index contributed by atoms with van der Waals surface area (Å²) in [5.41, 5.74) is 0.551. The fourth-order valence-corrected chi connectivity index (χ4v) is 5.57. The van der Waals surface area contributed by atoms with Crippen molar-refractivity contribution in [1.29, 1.82) is 5.26 Å². The zero-order valence-electron chi connectivity index (χ0n) is 13.9. The van der Waals surface area contributed by atoms with Gasteiger partial charge >= 0.3 is 0 Å². The van der Waals surface area contributed by atoms with Crippen LogP contribution in [0.15, 0.2) is 23.7 Å². The van der Waals surface area contributed by atoms with Crippen molar-refractivity contribution in [2.75, 3.05) is 20.1 Å². The molecule has 1 aliphatic heterocycles. The van der Waals surface area contributed by atoms with Gasteiger partial charge in [-0.3, -0.25) is 9.80 Å². The summed E-state index contributed by atoms with van der Waals surface area (Å²) >= 11 is 3.39. The number of hydrogen-bond acceptors (Lipinski definition) is 6. The highest BCUT2D eigenvalue weighted by Gasteiger charge is 2.56. The minimum absolute atomic E-state index is 0.551. The lowest BCUT2D eigenvalue weighted by Crippen LogP contribution is -2.37. The van der Waals surface area contributed by atoms with Crippen molar-refractivity contribution in [2.45, 2.75) is 38.4 Å². The highest BCUT2D eigenvalue weighted by Crippen LogP contribution is 2.56. The molecular weight excluding hydrogens is 336 g/mol. The summed E-state index contributed by atoms with van der Waals surface area (Å²) in [6.45, 7) is 4.35. The first-order valence-corrected chi connectivity index (χ1v) is 10.2. The van der Waals surface area contributed by atoms with Crippen LogP contribution in [-0.2, 0) is 13.1 Å². The van der Waals surface area contributed by atoms with Crippen molar-refractivity contribution in [1.82, 2.24) is 14.8 Å². The molecule has 0 radical (unpaired) electrons. The summed E-state index contributed by atoms with van der Waals surface area (Å²) in [7, 11) is 2.25. The Labute approximate surface area is 151 Å². The maximum Gasteiger partial charge on any atom is 0.110 e. The number of likely N-dealkylation sites (tertiary alicyclic amines) is 1. The number of thiophene rings is 1. The summed E-state index contributed by atoms with van der Waals surface area (Å²) in [6.07, 6.45) is 5.85. The smallest absolute Gasteiger partial charge is 0.110 e. The summed E-state index contributed by atoms with van der Waals surface area (Å²) < 4.78 is 0. The lowest BCUT2D eigenvalue weighted by Gasteiger charge is -2.33. The Kier molecular flexibility index (Phi) is 4.44. The second-order valence-corrected chi connectivity index (χ2v) is 9.22. The van der Waals surface area contributed by atoms with Crippen molar-refractivity contribution >= 4 is 22.7 Å². The molecule has 2 aromatic heterocycles. The number of nitriles is 1. The van der Waals surface area contributed by atoms with E-state index in [1.54, 1.807) is 22.7 Å². The summed E-state index contributed by atoms with van der Waals surface area (Å²) in [4.78, 5) is 11.6. The van der Waals surface area contributed by atoms with E-state index in [4.69, 9.17) is 5.26 Å². The number of nitrogens with zero attached hydrogens (tertiary/aromatic N) is 4. The lowest BCUT2D eigenvalue weighted by molar-refractivity contribution is 0.140. The molecule has 4 nitrogen and oxygen atoms in total. The Hall–Kier alpha value is -1.26. The van der Waals surface area contributed by atoms with E-state index in [-0.39, 0.29) is 0 Å². The van der Waals surface area contributed by atoms with E-state index in [0.717, 1.165) is 24.0 Å². The maximum absolute atomic E-state index is 8.95. The normalized spacial score (nSPS) is 22.8. The van der Waals surface area contributed by atoms with Crippen LogP contribution in [0.3, 0.4) is 0 Å². The summed E-state index contributed by atoms with van der Waals surface area (Å²) in [6, 6.07) is 7.01. The molecule has 1 spiro atoms. The van der Waals surface area contributed by atoms with E-state index in [1.807, 2.05) is 12.3 Å². The van der Waals surface area contributed by atoms with Gasteiger partial charge in [-0.2, -0.15) is 5.26 Å². The van der Waals surface area contributed by atoms with E-state index in [9.17, 15) is 0 Å². The molecule has 1 saturated heterocycles. The lowest BCUT2D eigenvalue weighted by atomic mass is 9.92. The molecule has 1 saturated carbocycles. The number of hydrogen-bond donors (Lipinski definition) is 0. The van der Waals surface area contributed by atoms with Crippen molar-refractivity contribution in [2.24, 2.45) is 5.41 Å². The SMILES string of the molecule is CN(Cc1nccs1)[C@H]1CC12CCN(Cc1ccc(C#N)s1)CC2. The third kappa shape index (κ3) is 3.27. The standard InChI is InChI=1S/C18H22N4S2/c1-21(13-17-20-6-9-23-17)16-10-18(16)4-7-22(8-5-18)12-15-3-2-14(11-19)24-15/h2-3,6,9,16H,4-5,7-8,10,12-13H2,1H3/t16-/m0/s1. The zero-order chi connectivity index (χ0) is 16.6. The van der Waals surface area contributed by atoms with Crippen molar-refractivity contribution in [3.05, 3.63) is 38.5 Å². The maximum atomic E-state index is 8.95. The number of aromatic nitrogens is 1. The molecule has 0 unspecified atom stereocenters. The van der Waals surface area contributed by atoms with E-state index in [0.29, 0.717) is 5.41 Å². The van der Waals surface area contributed by atoms with Crippen LogP contribution in [0.2, 0.25) is 0 Å². The van der Waals surface area contributed by atoms with Gasteiger partial charge in [0.1, 0.15) is 16.0 Å². The van der Waals surface area contributed by atoms with Crippen molar-refractivity contribution in [3.63, 3.8) is 0 Å². The summed E-state index contributed by atoms with van der Waals surface area (Å²) in [5.74, 6) is 0. The average molecular weight is 359 g/mol. The third-order valence-corrected chi connectivity index (χ3v) is 7.29. The van der Waals surface area contributed by atoms with Gasteiger partial charge in [-0.25, -0.2) is 4.98 Å². The van der Waals surface area contributed by atoms with Crippen LogP contribution in [0.1, 0.15) is 34.0 Å². The van der Waals surface area contributed by atoms with Gasteiger partial charge in [0.15, 0.2) is 0 Å². The molecule has 2 aromatic rings. The molecule has 2 fully saturated rings. The number of thiazole rings is 1. The van der Waals surface area contributed by atoms with Crippen LogP contribution < -0.4 is 0 Å². The van der Waals surface area contributed by atoms with Gasteiger partial charge < -0.3 is 0 Å². The predicted molar refractivity (Wildman–Crippen MR) is 98.0 cm³/mol. The van der Waals surface area contributed by atoms with Crippen LogP contribution in [-0.4, -0.2) is 41.0 Å². The van der Waals surface area contributed by atoms with Crippen LogP contribution in [0.25, 0.3) is 0 Å². The van der Waals surface area contributed by atoms with Gasteiger partial charge in [0, 0.05) is 29.0 Å².